The summed E-state index contributed by atoms with van der Waals surface area (Å²) in [4.78, 5) is 35.7. The molecule has 1 saturated heterocycles. The second-order valence-corrected chi connectivity index (χ2v) is 7.10. The van der Waals surface area contributed by atoms with Gasteiger partial charge in [-0.2, -0.15) is 0 Å². The van der Waals surface area contributed by atoms with Gasteiger partial charge in [0, 0.05) is 42.4 Å². The highest BCUT2D eigenvalue weighted by Gasteiger charge is 2.28. The summed E-state index contributed by atoms with van der Waals surface area (Å²) in [5.41, 5.74) is 1.32. The van der Waals surface area contributed by atoms with Crippen LogP contribution in [0.4, 0.5) is 5.82 Å². The third-order valence-electron chi connectivity index (χ3n) is 4.97. The maximum absolute atomic E-state index is 12.9. The Kier molecular flexibility index (Phi) is 6.31. The number of benzene rings is 1. The molecule has 1 aromatic carbocycles. The Morgan fingerprint density at radius 2 is 1.62 bits per heavy atom. The average molecular weight is 398 g/mol. The first kappa shape index (κ1) is 20.6. The highest BCUT2D eigenvalue weighted by Crippen LogP contribution is 2.26. The topological polar surface area (TPSA) is 93.7 Å². The fraction of sp³-hybridized carbons (Fsp3) is 0.429. The lowest BCUT2D eigenvalue weighted by Gasteiger charge is -2.31. The van der Waals surface area contributed by atoms with Gasteiger partial charge in [-0.25, -0.2) is 9.97 Å². The Bertz CT molecular complexity index is 865. The molecule has 0 atom stereocenters. The van der Waals surface area contributed by atoms with Crippen LogP contribution < -0.4 is 14.8 Å². The summed E-state index contributed by atoms with van der Waals surface area (Å²) in [6.07, 6.45) is 1.20. The van der Waals surface area contributed by atoms with Gasteiger partial charge >= 0.3 is 0 Å². The van der Waals surface area contributed by atoms with Crippen LogP contribution in [0.5, 0.6) is 11.5 Å². The van der Waals surface area contributed by atoms with E-state index >= 15 is 0 Å². The maximum atomic E-state index is 12.9. The quantitative estimate of drug-likeness (QED) is 0.832. The number of carbonyl (C=O) groups excluding carboxylic acids is 2. The van der Waals surface area contributed by atoms with Gasteiger partial charge in [-0.3, -0.25) is 9.59 Å². The van der Waals surface area contributed by atoms with Crippen molar-refractivity contribution in [3.8, 4) is 11.5 Å². The van der Waals surface area contributed by atoms with E-state index in [0.29, 0.717) is 54.6 Å². The first-order chi connectivity index (χ1) is 13.9. The van der Waals surface area contributed by atoms with Crippen molar-refractivity contribution in [1.29, 1.82) is 0 Å². The smallest absolute Gasteiger partial charge is 0.254 e. The summed E-state index contributed by atoms with van der Waals surface area (Å²) in [5.74, 6) is 1.95. The molecule has 2 aromatic rings. The zero-order chi connectivity index (χ0) is 21.0. The van der Waals surface area contributed by atoms with Crippen molar-refractivity contribution in [2.75, 3.05) is 32.6 Å². The second-order valence-electron chi connectivity index (χ2n) is 7.10. The Morgan fingerprint density at radius 1 is 1.00 bits per heavy atom. The zero-order valence-corrected chi connectivity index (χ0v) is 17.2. The first-order valence-electron chi connectivity index (χ1n) is 9.55. The highest BCUT2D eigenvalue weighted by atomic mass is 16.5. The summed E-state index contributed by atoms with van der Waals surface area (Å²) in [7, 11) is 3.10. The normalized spacial score (nSPS) is 14.4. The van der Waals surface area contributed by atoms with Gasteiger partial charge in [-0.05, 0) is 38.8 Å². The number of nitrogens with one attached hydrogen (secondary N) is 1. The van der Waals surface area contributed by atoms with Gasteiger partial charge in [0.05, 0.1) is 14.2 Å². The predicted molar refractivity (Wildman–Crippen MR) is 108 cm³/mol. The van der Waals surface area contributed by atoms with Gasteiger partial charge in [-0.15, -0.1) is 0 Å². The fourth-order valence-corrected chi connectivity index (χ4v) is 3.47. The first-order valence-corrected chi connectivity index (χ1v) is 9.55. The SMILES string of the molecule is COc1cc(OC)cc(C(=O)N2CCC(C(=O)Nc3cc(C)nc(C)n3)CC2)c1. The Balaban J connectivity index is 1.61. The summed E-state index contributed by atoms with van der Waals surface area (Å²) in [5, 5.41) is 2.87. The number of nitrogens with zero attached hydrogens (tertiary/aromatic N) is 3. The van der Waals surface area contributed by atoms with Crippen molar-refractivity contribution in [2.45, 2.75) is 26.7 Å². The monoisotopic (exact) mass is 398 g/mol. The van der Waals surface area contributed by atoms with Crippen molar-refractivity contribution >= 4 is 17.6 Å². The van der Waals surface area contributed by atoms with Crippen molar-refractivity contribution in [3.63, 3.8) is 0 Å². The molecule has 1 aromatic heterocycles. The minimum atomic E-state index is -0.158. The molecule has 8 nitrogen and oxygen atoms in total. The number of piperidine rings is 1. The second kappa shape index (κ2) is 8.89. The van der Waals surface area contributed by atoms with Crippen molar-refractivity contribution in [3.05, 3.63) is 41.3 Å². The van der Waals surface area contributed by atoms with Crippen LogP contribution in [0.2, 0.25) is 0 Å². The molecular formula is C21H26N4O4. The van der Waals surface area contributed by atoms with Gasteiger partial charge < -0.3 is 19.7 Å². The molecule has 1 aliphatic heterocycles. The van der Waals surface area contributed by atoms with Gasteiger partial charge in [0.15, 0.2) is 0 Å². The van der Waals surface area contributed by atoms with Crippen LogP contribution in [0.25, 0.3) is 0 Å². The molecule has 2 amide bonds. The van der Waals surface area contributed by atoms with E-state index in [1.807, 2.05) is 6.92 Å². The van der Waals surface area contributed by atoms with Gasteiger partial charge in [0.2, 0.25) is 5.91 Å². The van der Waals surface area contributed by atoms with E-state index in [-0.39, 0.29) is 17.7 Å². The van der Waals surface area contributed by atoms with E-state index in [1.54, 1.807) is 50.3 Å². The molecule has 0 radical (unpaired) electrons. The summed E-state index contributed by atoms with van der Waals surface area (Å²) >= 11 is 0. The fourth-order valence-electron chi connectivity index (χ4n) is 3.47. The van der Waals surface area contributed by atoms with Crippen LogP contribution in [-0.4, -0.2) is 54.0 Å². The number of ether oxygens (including phenoxy) is 2. The Labute approximate surface area is 170 Å². The molecule has 2 heterocycles. The summed E-state index contributed by atoms with van der Waals surface area (Å²) in [6, 6.07) is 6.87. The summed E-state index contributed by atoms with van der Waals surface area (Å²) in [6.45, 7) is 4.68. The van der Waals surface area contributed by atoms with E-state index in [1.165, 1.54) is 0 Å². The lowest BCUT2D eigenvalue weighted by atomic mass is 9.95. The van der Waals surface area contributed by atoms with E-state index in [9.17, 15) is 9.59 Å². The van der Waals surface area contributed by atoms with Crippen LogP contribution in [0, 0.1) is 19.8 Å². The van der Waals surface area contributed by atoms with Crippen molar-refractivity contribution in [1.82, 2.24) is 14.9 Å². The number of aromatic nitrogens is 2. The number of carbonyl (C=O) groups is 2. The predicted octanol–water partition coefficient (Wildman–Crippen LogP) is 2.60. The number of hydrogen-bond donors (Lipinski definition) is 1. The van der Waals surface area contributed by atoms with Crippen LogP contribution >= 0.6 is 0 Å². The molecule has 1 N–H and O–H groups in total. The standard InChI is InChI=1S/C21H26N4O4/c1-13-9-19(23-14(2)22-13)24-20(26)15-5-7-25(8-6-15)21(27)16-10-17(28-3)12-18(11-16)29-4/h9-12,15H,5-8H2,1-4H3,(H,22,23,24,26). The van der Waals surface area contributed by atoms with Crippen LogP contribution in [0.15, 0.2) is 24.3 Å². The molecular weight excluding hydrogens is 372 g/mol. The Hall–Kier alpha value is -3.16. The number of hydrogen-bond acceptors (Lipinski definition) is 6. The molecule has 3 rings (SSSR count). The number of rotatable bonds is 5. The van der Waals surface area contributed by atoms with Gasteiger partial charge in [-0.1, -0.05) is 0 Å². The van der Waals surface area contributed by atoms with Crippen molar-refractivity contribution < 1.29 is 19.1 Å². The molecule has 29 heavy (non-hydrogen) atoms. The molecule has 1 aliphatic rings. The Morgan fingerprint density at radius 3 is 2.17 bits per heavy atom. The third-order valence-corrected chi connectivity index (χ3v) is 4.97. The van der Waals surface area contributed by atoms with E-state index in [0.717, 1.165) is 5.69 Å². The minimum absolute atomic E-state index is 0.0716. The summed E-state index contributed by atoms with van der Waals surface area (Å²) < 4.78 is 10.5. The lowest BCUT2D eigenvalue weighted by Crippen LogP contribution is -2.41. The van der Waals surface area contributed by atoms with Crippen LogP contribution in [-0.2, 0) is 4.79 Å². The largest absolute Gasteiger partial charge is 0.497 e. The molecule has 0 bridgehead atoms. The van der Waals surface area contributed by atoms with Gasteiger partial charge in [0.1, 0.15) is 23.1 Å². The van der Waals surface area contributed by atoms with Crippen LogP contribution in [0.3, 0.4) is 0 Å². The molecule has 0 saturated carbocycles. The molecule has 0 spiro atoms. The van der Waals surface area contributed by atoms with Crippen molar-refractivity contribution in [2.24, 2.45) is 5.92 Å². The molecule has 1 fully saturated rings. The minimum Gasteiger partial charge on any atom is -0.497 e. The number of aryl methyl sites for hydroxylation is 2. The van der Waals surface area contributed by atoms with E-state index < -0.39 is 0 Å². The third kappa shape index (κ3) is 5.01. The number of likely N-dealkylation sites (tertiary alicyclic amines) is 1. The lowest BCUT2D eigenvalue weighted by molar-refractivity contribution is -0.121. The van der Waals surface area contributed by atoms with Gasteiger partial charge in [0.25, 0.3) is 5.91 Å². The molecule has 8 heteroatoms. The van der Waals surface area contributed by atoms with Crippen LogP contribution in [0.1, 0.15) is 34.7 Å². The molecule has 154 valence electrons. The van der Waals surface area contributed by atoms with E-state index in [4.69, 9.17) is 9.47 Å². The zero-order valence-electron chi connectivity index (χ0n) is 17.2. The molecule has 0 unspecified atom stereocenters. The molecule has 0 aliphatic carbocycles. The van der Waals surface area contributed by atoms with E-state index in [2.05, 4.69) is 15.3 Å². The maximum Gasteiger partial charge on any atom is 0.254 e. The number of methoxy groups -OCH3 is 2. The average Bonchev–Trinajstić information content (AvgIpc) is 2.72. The number of anilines is 1. The highest BCUT2D eigenvalue weighted by molar-refractivity contribution is 5.96. The number of amides is 2.